The molecule has 3 nitrogen and oxygen atoms in total. The molecule has 0 atom stereocenters. The third-order valence-electron chi connectivity index (χ3n) is 3.62. The van der Waals surface area contributed by atoms with Gasteiger partial charge in [0.2, 0.25) is 0 Å². The van der Waals surface area contributed by atoms with Crippen molar-refractivity contribution in [3.63, 3.8) is 0 Å². The minimum atomic E-state index is -0.377. The lowest BCUT2D eigenvalue weighted by Gasteiger charge is -2.23. The van der Waals surface area contributed by atoms with Crippen LogP contribution in [0.2, 0.25) is 0 Å². The summed E-state index contributed by atoms with van der Waals surface area (Å²) >= 11 is 0. The molecule has 3 rings (SSSR count). The van der Waals surface area contributed by atoms with Gasteiger partial charge in [0, 0.05) is 21.8 Å². The zero-order valence-electron chi connectivity index (χ0n) is 11.7. The number of furan rings is 2. The summed E-state index contributed by atoms with van der Waals surface area (Å²) in [6, 6.07) is 6.02. The average molecular weight is 258 g/mol. The monoisotopic (exact) mass is 258 g/mol. The zero-order chi connectivity index (χ0) is 13.8. The highest BCUT2D eigenvalue weighted by Gasteiger charge is 2.28. The van der Waals surface area contributed by atoms with Crippen LogP contribution in [0.4, 0.5) is 0 Å². The summed E-state index contributed by atoms with van der Waals surface area (Å²) in [5.74, 6) is 1.74. The van der Waals surface area contributed by atoms with Crippen molar-refractivity contribution in [3.8, 4) is 0 Å². The first kappa shape index (κ1) is 12.3. The maximum atomic E-state index is 9.71. The quantitative estimate of drug-likeness (QED) is 0.753. The van der Waals surface area contributed by atoms with E-state index in [4.69, 9.17) is 8.83 Å². The number of hydrogen-bond donors (Lipinski definition) is 1. The second kappa shape index (κ2) is 3.87. The summed E-state index contributed by atoms with van der Waals surface area (Å²) in [6.45, 7) is 7.96. The van der Waals surface area contributed by atoms with E-state index in [1.165, 1.54) is 0 Å². The minimum Gasteiger partial charge on any atom is -0.461 e. The lowest BCUT2D eigenvalue weighted by molar-refractivity contribution is 0.219. The molecule has 1 N–H and O–H groups in total. The van der Waals surface area contributed by atoms with Gasteiger partial charge in [-0.2, -0.15) is 0 Å². The molecule has 0 saturated carbocycles. The van der Waals surface area contributed by atoms with Crippen molar-refractivity contribution < 1.29 is 13.9 Å². The van der Waals surface area contributed by atoms with Crippen LogP contribution in [-0.4, -0.2) is 11.7 Å². The predicted octanol–water partition coefficient (Wildman–Crippen LogP) is 4.07. The second-order valence-corrected chi connectivity index (χ2v) is 5.84. The Labute approximate surface area is 111 Å². The Balaban J connectivity index is 2.51. The molecule has 0 amide bonds. The van der Waals surface area contributed by atoms with Gasteiger partial charge in [0.05, 0.1) is 6.61 Å². The summed E-state index contributed by atoms with van der Waals surface area (Å²) in [4.78, 5) is 0. The molecular formula is C16H18O3. The van der Waals surface area contributed by atoms with E-state index in [1.807, 2.05) is 45.9 Å². The molecule has 0 aliphatic rings. The Bertz CT molecular complexity index is 704. The lowest BCUT2D eigenvalue weighted by atomic mass is 9.82. The molecule has 2 heterocycles. The van der Waals surface area contributed by atoms with E-state index >= 15 is 0 Å². The van der Waals surface area contributed by atoms with Gasteiger partial charge in [-0.05, 0) is 32.0 Å². The van der Waals surface area contributed by atoms with E-state index in [1.54, 1.807) is 0 Å². The summed E-state index contributed by atoms with van der Waals surface area (Å²) < 4.78 is 11.6. The molecule has 0 spiro atoms. The van der Waals surface area contributed by atoms with E-state index in [9.17, 15) is 5.11 Å². The molecule has 1 aromatic carbocycles. The van der Waals surface area contributed by atoms with Crippen LogP contribution in [0.15, 0.2) is 27.0 Å². The van der Waals surface area contributed by atoms with Crippen LogP contribution in [-0.2, 0) is 5.41 Å². The Hall–Kier alpha value is -1.74. The van der Waals surface area contributed by atoms with Gasteiger partial charge in [-0.1, -0.05) is 13.8 Å². The third-order valence-corrected chi connectivity index (χ3v) is 3.62. The van der Waals surface area contributed by atoms with Crippen LogP contribution in [0.1, 0.15) is 30.9 Å². The third kappa shape index (κ3) is 1.77. The number of aliphatic hydroxyl groups is 1. The van der Waals surface area contributed by atoms with Crippen LogP contribution >= 0.6 is 0 Å². The van der Waals surface area contributed by atoms with Gasteiger partial charge in [0.15, 0.2) is 0 Å². The van der Waals surface area contributed by atoms with Crippen molar-refractivity contribution in [2.24, 2.45) is 0 Å². The molecule has 0 aliphatic heterocycles. The molecular weight excluding hydrogens is 240 g/mol. The summed E-state index contributed by atoms with van der Waals surface area (Å²) in [7, 11) is 0. The smallest absolute Gasteiger partial charge is 0.138 e. The van der Waals surface area contributed by atoms with Crippen molar-refractivity contribution >= 4 is 21.9 Å². The average Bonchev–Trinajstić information content (AvgIpc) is 2.85. The van der Waals surface area contributed by atoms with Gasteiger partial charge in [-0.15, -0.1) is 0 Å². The summed E-state index contributed by atoms with van der Waals surface area (Å²) in [5.41, 5.74) is 2.35. The fourth-order valence-corrected chi connectivity index (χ4v) is 2.69. The van der Waals surface area contributed by atoms with Crippen LogP contribution in [0.25, 0.3) is 21.9 Å². The standard InChI is InChI=1S/C16H18O3/c1-9-5-11-7-13-12(6-10(2)18-13)14(15(11)19-9)16(3,4)8-17/h5-7,17H,8H2,1-4H3. The van der Waals surface area contributed by atoms with Gasteiger partial charge < -0.3 is 13.9 Å². The van der Waals surface area contributed by atoms with Gasteiger partial charge in [0.25, 0.3) is 0 Å². The molecule has 3 aromatic rings. The number of hydrogen-bond acceptors (Lipinski definition) is 3. The molecule has 0 unspecified atom stereocenters. The predicted molar refractivity (Wildman–Crippen MR) is 75.6 cm³/mol. The van der Waals surface area contributed by atoms with Gasteiger partial charge in [-0.25, -0.2) is 0 Å². The van der Waals surface area contributed by atoms with Crippen molar-refractivity contribution in [1.29, 1.82) is 0 Å². The van der Waals surface area contributed by atoms with Crippen molar-refractivity contribution in [2.45, 2.75) is 33.1 Å². The number of rotatable bonds is 2. The number of benzene rings is 1. The SMILES string of the molecule is Cc1cc2c(C(C)(C)CO)c3oc(C)cc3cc2o1. The first-order valence-electron chi connectivity index (χ1n) is 6.47. The molecule has 2 aromatic heterocycles. The van der Waals surface area contributed by atoms with Gasteiger partial charge in [-0.3, -0.25) is 0 Å². The molecule has 100 valence electrons. The summed E-state index contributed by atoms with van der Waals surface area (Å²) in [5, 5.41) is 11.8. The number of fused-ring (bicyclic) bond motifs is 2. The first-order chi connectivity index (χ1) is 8.92. The van der Waals surface area contributed by atoms with Crippen molar-refractivity contribution in [2.75, 3.05) is 6.61 Å². The first-order valence-corrected chi connectivity index (χ1v) is 6.47. The largest absolute Gasteiger partial charge is 0.461 e. The van der Waals surface area contributed by atoms with E-state index in [0.717, 1.165) is 39.0 Å². The molecule has 0 bridgehead atoms. The van der Waals surface area contributed by atoms with Crippen molar-refractivity contribution in [1.82, 2.24) is 0 Å². The van der Waals surface area contributed by atoms with Crippen LogP contribution in [0.3, 0.4) is 0 Å². The summed E-state index contributed by atoms with van der Waals surface area (Å²) in [6.07, 6.45) is 0. The molecule has 3 heteroatoms. The van der Waals surface area contributed by atoms with E-state index < -0.39 is 0 Å². The molecule has 0 aliphatic carbocycles. The van der Waals surface area contributed by atoms with Crippen LogP contribution < -0.4 is 0 Å². The Kier molecular flexibility index (Phi) is 2.51. The Morgan fingerprint density at radius 1 is 1.05 bits per heavy atom. The van der Waals surface area contributed by atoms with Crippen LogP contribution in [0.5, 0.6) is 0 Å². The normalized spacial score (nSPS) is 12.7. The fourth-order valence-electron chi connectivity index (χ4n) is 2.69. The van der Waals surface area contributed by atoms with Crippen LogP contribution in [0, 0.1) is 13.8 Å². The number of aliphatic hydroxyl groups excluding tert-OH is 1. The fraction of sp³-hybridized carbons (Fsp3) is 0.375. The Morgan fingerprint density at radius 2 is 1.74 bits per heavy atom. The Morgan fingerprint density at radius 3 is 2.42 bits per heavy atom. The van der Waals surface area contributed by atoms with E-state index in [-0.39, 0.29) is 12.0 Å². The number of aryl methyl sites for hydroxylation is 2. The second-order valence-electron chi connectivity index (χ2n) is 5.84. The van der Waals surface area contributed by atoms with Gasteiger partial charge >= 0.3 is 0 Å². The minimum absolute atomic E-state index is 0.0607. The van der Waals surface area contributed by atoms with Crippen molar-refractivity contribution in [3.05, 3.63) is 35.3 Å². The van der Waals surface area contributed by atoms with E-state index in [0.29, 0.717) is 0 Å². The molecule has 0 fully saturated rings. The maximum Gasteiger partial charge on any atom is 0.138 e. The topological polar surface area (TPSA) is 46.5 Å². The molecule has 19 heavy (non-hydrogen) atoms. The highest BCUT2D eigenvalue weighted by molar-refractivity contribution is 5.99. The molecule has 0 radical (unpaired) electrons. The lowest BCUT2D eigenvalue weighted by Crippen LogP contribution is -2.22. The maximum absolute atomic E-state index is 9.71. The van der Waals surface area contributed by atoms with E-state index in [2.05, 4.69) is 0 Å². The highest BCUT2D eigenvalue weighted by Crippen LogP contribution is 2.39. The zero-order valence-corrected chi connectivity index (χ0v) is 11.7. The van der Waals surface area contributed by atoms with Gasteiger partial charge in [0.1, 0.15) is 22.7 Å². The molecule has 0 saturated heterocycles. The highest BCUT2D eigenvalue weighted by atomic mass is 16.3.